The monoisotopic (exact) mass is 581 g/mol. The molecule has 180 valence electrons. The highest BCUT2D eigenvalue weighted by atomic mass is 79.9. The summed E-state index contributed by atoms with van der Waals surface area (Å²) in [6.45, 7) is 0. The number of aromatic nitrogens is 1. The summed E-state index contributed by atoms with van der Waals surface area (Å²) >= 11 is 11.1. The van der Waals surface area contributed by atoms with Crippen LogP contribution in [0.2, 0.25) is 5.15 Å². The van der Waals surface area contributed by atoms with Gasteiger partial charge >= 0.3 is 4.87 Å². The number of para-hydroxylation sites is 2. The van der Waals surface area contributed by atoms with Gasteiger partial charge in [0.15, 0.2) is 6.10 Å². The maximum absolute atomic E-state index is 13.8. The summed E-state index contributed by atoms with van der Waals surface area (Å²) in [6.07, 6.45) is -1.05. The number of amides is 2. The number of rotatable bonds is 4. The Morgan fingerprint density at radius 1 is 0.778 bits per heavy atom. The van der Waals surface area contributed by atoms with Crippen molar-refractivity contribution >= 4 is 62.1 Å². The number of carbonyl (C=O) groups is 2. The number of anilines is 2. The van der Waals surface area contributed by atoms with Crippen molar-refractivity contribution in [2.45, 2.75) is 12.1 Å². The van der Waals surface area contributed by atoms with Gasteiger partial charge in [0.05, 0.1) is 21.9 Å². The number of hydroxylamine groups is 1. The molecule has 0 unspecified atom stereocenters. The fourth-order valence-electron chi connectivity index (χ4n) is 4.67. The maximum Gasteiger partial charge on any atom is 0.313 e. The number of hydrogen-bond acceptors (Lipinski definition) is 6. The van der Waals surface area contributed by atoms with Gasteiger partial charge in [-0.05, 0) is 48.5 Å². The predicted octanol–water partition coefficient (Wildman–Crippen LogP) is 5.37. The minimum absolute atomic E-state index is 0.189. The minimum atomic E-state index is -1.05. The first kappa shape index (κ1) is 23.2. The molecule has 10 heteroatoms. The van der Waals surface area contributed by atoms with Crippen LogP contribution in [-0.2, 0) is 14.4 Å². The van der Waals surface area contributed by atoms with Crippen molar-refractivity contribution in [3.63, 3.8) is 0 Å². The SMILES string of the molecule is O=C1[C@H]2[C@H](ON(c3ccccc3)[C@@H]2c2sc(=O)n(-c3ccccc3)c2Cl)C(=O)N1c1ccc(Br)cc1. The zero-order valence-electron chi connectivity index (χ0n) is 18.5. The Morgan fingerprint density at radius 2 is 1.39 bits per heavy atom. The molecule has 7 nitrogen and oxygen atoms in total. The van der Waals surface area contributed by atoms with Gasteiger partial charge in [0, 0.05) is 4.47 Å². The molecular formula is C26H17BrClN3O4S. The third-order valence-electron chi connectivity index (χ3n) is 6.27. The number of fused-ring (bicyclic) bond motifs is 1. The molecule has 2 saturated heterocycles. The molecule has 0 radical (unpaired) electrons. The topological polar surface area (TPSA) is 71.8 Å². The molecule has 2 aliphatic heterocycles. The van der Waals surface area contributed by atoms with E-state index < -0.39 is 29.9 Å². The van der Waals surface area contributed by atoms with Crippen molar-refractivity contribution in [3.8, 4) is 5.69 Å². The Hall–Kier alpha value is -3.24. The molecule has 4 aromatic rings. The maximum atomic E-state index is 13.8. The molecule has 1 aromatic heterocycles. The molecule has 0 aliphatic carbocycles. The Balaban J connectivity index is 1.48. The number of halogens is 2. The van der Waals surface area contributed by atoms with Gasteiger partial charge in [-0.3, -0.25) is 23.8 Å². The van der Waals surface area contributed by atoms with E-state index in [4.69, 9.17) is 16.4 Å². The molecule has 3 atom stereocenters. The normalized spacial score (nSPS) is 21.3. The fraction of sp³-hybridized carbons (Fsp3) is 0.115. The number of carbonyl (C=O) groups excluding carboxylic acids is 2. The zero-order valence-corrected chi connectivity index (χ0v) is 21.6. The number of thiazole rings is 1. The first-order valence-corrected chi connectivity index (χ1v) is 13.1. The molecule has 0 spiro atoms. The lowest BCUT2D eigenvalue weighted by atomic mass is 9.95. The standard InChI is InChI=1S/C26H17BrClN3O4S/c27-15-11-13-17(14-12-15)30-24(32)19-20(31(35-21(19)25(30)33)18-9-5-2-6-10-18)22-23(28)29(26(34)36-22)16-7-3-1-4-8-16/h1-14,19-21H/t19-,20+,21+/m1/s1. The summed E-state index contributed by atoms with van der Waals surface area (Å²) in [4.78, 5) is 47.8. The average molecular weight is 583 g/mol. The number of imide groups is 1. The van der Waals surface area contributed by atoms with Crippen LogP contribution in [-0.4, -0.2) is 22.5 Å². The second kappa shape index (κ2) is 9.01. The molecule has 0 bridgehead atoms. The molecule has 3 aromatic carbocycles. The lowest BCUT2D eigenvalue weighted by molar-refractivity contribution is -0.126. The summed E-state index contributed by atoms with van der Waals surface area (Å²) in [6, 6.07) is 24.4. The first-order valence-electron chi connectivity index (χ1n) is 11.1. The van der Waals surface area contributed by atoms with Crippen molar-refractivity contribution in [1.29, 1.82) is 0 Å². The number of nitrogens with zero attached hydrogens (tertiary/aromatic N) is 3. The Kier molecular flexibility index (Phi) is 5.80. The van der Waals surface area contributed by atoms with Crippen LogP contribution in [0.3, 0.4) is 0 Å². The highest BCUT2D eigenvalue weighted by molar-refractivity contribution is 9.10. The Bertz CT molecular complexity index is 1520. The summed E-state index contributed by atoms with van der Waals surface area (Å²) in [5, 5.41) is 1.73. The van der Waals surface area contributed by atoms with E-state index >= 15 is 0 Å². The second-order valence-electron chi connectivity index (χ2n) is 8.34. The molecule has 2 aliphatic rings. The highest BCUT2D eigenvalue weighted by Gasteiger charge is 2.61. The van der Waals surface area contributed by atoms with E-state index in [2.05, 4.69) is 15.9 Å². The summed E-state index contributed by atoms with van der Waals surface area (Å²) in [5.74, 6) is -1.75. The molecule has 0 saturated carbocycles. The Labute approximate surface area is 223 Å². The van der Waals surface area contributed by atoms with Crippen LogP contribution in [0.5, 0.6) is 0 Å². The van der Waals surface area contributed by atoms with Gasteiger partial charge in [-0.2, -0.15) is 0 Å². The van der Waals surface area contributed by atoms with E-state index in [1.807, 2.05) is 48.5 Å². The van der Waals surface area contributed by atoms with Crippen LogP contribution >= 0.6 is 38.9 Å². The van der Waals surface area contributed by atoms with Gasteiger partial charge in [-0.1, -0.05) is 75.3 Å². The van der Waals surface area contributed by atoms with Crippen LogP contribution in [0.4, 0.5) is 11.4 Å². The third-order valence-corrected chi connectivity index (χ3v) is 8.30. The van der Waals surface area contributed by atoms with E-state index in [1.165, 1.54) is 9.63 Å². The molecular weight excluding hydrogens is 566 g/mol. The van der Waals surface area contributed by atoms with E-state index in [-0.39, 0.29) is 10.0 Å². The second-order valence-corrected chi connectivity index (χ2v) is 10.6. The fourth-order valence-corrected chi connectivity index (χ4v) is 6.41. The Morgan fingerprint density at radius 3 is 2.03 bits per heavy atom. The zero-order chi connectivity index (χ0) is 25.0. The van der Waals surface area contributed by atoms with Crippen LogP contribution in [0.25, 0.3) is 5.69 Å². The minimum Gasteiger partial charge on any atom is -0.273 e. The number of hydrogen-bond donors (Lipinski definition) is 0. The van der Waals surface area contributed by atoms with Gasteiger partial charge in [-0.15, -0.1) is 0 Å². The lowest BCUT2D eigenvalue weighted by Crippen LogP contribution is -2.37. The number of benzene rings is 3. The summed E-state index contributed by atoms with van der Waals surface area (Å²) in [7, 11) is 0. The van der Waals surface area contributed by atoms with Crippen LogP contribution in [0, 0.1) is 5.92 Å². The largest absolute Gasteiger partial charge is 0.313 e. The van der Waals surface area contributed by atoms with Crippen molar-refractivity contribution < 1.29 is 14.4 Å². The van der Waals surface area contributed by atoms with Crippen LogP contribution in [0.15, 0.2) is 94.2 Å². The molecule has 2 fully saturated rings. The van der Waals surface area contributed by atoms with Gasteiger partial charge in [0.1, 0.15) is 17.1 Å². The van der Waals surface area contributed by atoms with Crippen molar-refractivity contribution in [2.24, 2.45) is 5.92 Å². The van der Waals surface area contributed by atoms with Crippen LogP contribution < -0.4 is 14.8 Å². The first-order chi connectivity index (χ1) is 17.5. The van der Waals surface area contributed by atoms with E-state index in [9.17, 15) is 14.4 Å². The van der Waals surface area contributed by atoms with E-state index in [0.29, 0.717) is 21.9 Å². The van der Waals surface area contributed by atoms with Gasteiger partial charge in [-0.25, -0.2) is 9.96 Å². The quantitative estimate of drug-likeness (QED) is 0.303. The average Bonchev–Trinajstić information content (AvgIpc) is 3.50. The van der Waals surface area contributed by atoms with E-state index in [0.717, 1.165) is 20.7 Å². The van der Waals surface area contributed by atoms with Crippen molar-refractivity contribution in [1.82, 2.24) is 4.57 Å². The summed E-state index contributed by atoms with van der Waals surface area (Å²) < 4.78 is 2.24. The summed E-state index contributed by atoms with van der Waals surface area (Å²) in [5.41, 5.74) is 1.72. The highest BCUT2D eigenvalue weighted by Crippen LogP contribution is 2.50. The van der Waals surface area contributed by atoms with Crippen molar-refractivity contribution in [2.75, 3.05) is 9.96 Å². The lowest BCUT2D eigenvalue weighted by Gasteiger charge is -2.28. The molecule has 6 rings (SSSR count). The molecule has 3 heterocycles. The molecule has 0 N–H and O–H groups in total. The van der Waals surface area contributed by atoms with Crippen LogP contribution in [0.1, 0.15) is 10.9 Å². The van der Waals surface area contributed by atoms with E-state index in [1.54, 1.807) is 36.4 Å². The smallest absolute Gasteiger partial charge is 0.273 e. The van der Waals surface area contributed by atoms with Gasteiger partial charge in [0.25, 0.3) is 5.91 Å². The van der Waals surface area contributed by atoms with Gasteiger partial charge in [0.2, 0.25) is 5.91 Å². The van der Waals surface area contributed by atoms with Gasteiger partial charge < -0.3 is 0 Å². The predicted molar refractivity (Wildman–Crippen MR) is 142 cm³/mol. The third kappa shape index (κ3) is 3.62. The van der Waals surface area contributed by atoms with Crippen molar-refractivity contribution in [3.05, 3.63) is 109 Å². The molecule has 2 amide bonds. The molecule has 36 heavy (non-hydrogen) atoms.